The number of hydrogen-bond acceptors (Lipinski definition) is 4. The van der Waals surface area contributed by atoms with E-state index in [1.165, 1.54) is 5.56 Å². The molecule has 5 heteroatoms. The highest BCUT2D eigenvalue weighted by atomic mass is 32.2. The number of oxime groups is 1. The van der Waals surface area contributed by atoms with Gasteiger partial charge in [-0.2, -0.15) is 8.42 Å². The fraction of sp³-hybridized carbons (Fsp3) is 0.381. The predicted molar refractivity (Wildman–Crippen MR) is 106 cm³/mol. The molecular formula is C21H27NO3S. The zero-order valence-electron chi connectivity index (χ0n) is 16.3. The van der Waals surface area contributed by atoms with Gasteiger partial charge in [-0.25, -0.2) is 0 Å². The predicted octanol–water partition coefficient (Wildman–Crippen LogP) is 5.25. The van der Waals surface area contributed by atoms with Gasteiger partial charge in [0, 0.05) is 0 Å². The number of benzene rings is 2. The second-order valence-corrected chi connectivity index (χ2v) is 8.33. The minimum Gasteiger partial charge on any atom is -0.264 e. The second-order valence-electron chi connectivity index (χ2n) is 6.86. The lowest BCUT2D eigenvalue weighted by Gasteiger charge is -2.11. The van der Waals surface area contributed by atoms with Crippen LogP contribution in [0.15, 0.2) is 46.4 Å². The average Bonchev–Trinajstić information content (AvgIpc) is 2.58. The molecule has 0 spiro atoms. The van der Waals surface area contributed by atoms with Crippen LogP contribution in [0.3, 0.4) is 0 Å². The quantitative estimate of drug-likeness (QED) is 0.513. The summed E-state index contributed by atoms with van der Waals surface area (Å²) in [6.45, 7) is 11.5. The maximum Gasteiger partial charge on any atom is 0.359 e. The van der Waals surface area contributed by atoms with Crippen LogP contribution in [0.1, 0.15) is 60.9 Å². The lowest BCUT2D eigenvalue weighted by Crippen LogP contribution is -2.09. The average molecular weight is 374 g/mol. The summed E-state index contributed by atoms with van der Waals surface area (Å²) < 4.78 is 30.1. The lowest BCUT2D eigenvalue weighted by atomic mass is 9.97. The van der Waals surface area contributed by atoms with Crippen LogP contribution >= 0.6 is 0 Å². The van der Waals surface area contributed by atoms with Crippen LogP contribution in [0.2, 0.25) is 0 Å². The second kappa shape index (κ2) is 8.04. The van der Waals surface area contributed by atoms with Gasteiger partial charge in [-0.3, -0.25) is 4.28 Å². The van der Waals surface area contributed by atoms with Crippen molar-refractivity contribution < 1.29 is 12.7 Å². The normalized spacial score (nSPS) is 13.5. The highest BCUT2D eigenvalue weighted by Crippen LogP contribution is 2.24. The number of aryl methyl sites for hydroxylation is 3. The molecule has 0 saturated heterocycles. The summed E-state index contributed by atoms with van der Waals surface area (Å²) in [6.07, 6.45) is 1.07. The highest BCUT2D eigenvalue weighted by Gasteiger charge is 2.22. The summed E-state index contributed by atoms with van der Waals surface area (Å²) in [6, 6.07) is 11.6. The first-order valence-corrected chi connectivity index (χ1v) is 10.2. The topological polar surface area (TPSA) is 55.7 Å². The standard InChI is InChI=1S/C21H27NO3S/c1-7-15(3)19-8-10-20(11-9-19)18(6)22-25-26(23,24)21-16(4)12-14(2)13-17(21)5/h8-13,15H,7H2,1-6H3/b22-18-. The van der Waals surface area contributed by atoms with Gasteiger partial charge in [0.2, 0.25) is 0 Å². The SMILES string of the molecule is CCC(C)c1ccc(/C(C)=N\OS(=O)(=O)c2c(C)cc(C)cc2C)cc1. The molecule has 0 aromatic heterocycles. The van der Waals surface area contributed by atoms with Gasteiger partial charge >= 0.3 is 10.1 Å². The van der Waals surface area contributed by atoms with E-state index >= 15 is 0 Å². The summed E-state index contributed by atoms with van der Waals surface area (Å²) in [7, 11) is -3.95. The zero-order chi connectivity index (χ0) is 19.5. The molecule has 1 unspecified atom stereocenters. The van der Waals surface area contributed by atoms with E-state index in [9.17, 15) is 8.42 Å². The molecule has 2 rings (SSSR count). The van der Waals surface area contributed by atoms with E-state index < -0.39 is 10.1 Å². The van der Waals surface area contributed by atoms with Crippen molar-refractivity contribution in [1.29, 1.82) is 0 Å². The van der Waals surface area contributed by atoms with Crippen LogP contribution in [0.4, 0.5) is 0 Å². The van der Waals surface area contributed by atoms with Crippen LogP contribution in [0.25, 0.3) is 0 Å². The molecule has 0 N–H and O–H groups in total. The minimum atomic E-state index is -3.95. The summed E-state index contributed by atoms with van der Waals surface area (Å²) in [5.41, 5.74) is 4.95. The maximum atomic E-state index is 12.6. The fourth-order valence-corrected chi connectivity index (χ4v) is 4.24. The third-order valence-electron chi connectivity index (χ3n) is 4.64. The molecule has 0 radical (unpaired) electrons. The third-order valence-corrected chi connectivity index (χ3v) is 6.05. The van der Waals surface area contributed by atoms with Crippen LogP contribution in [0.5, 0.6) is 0 Å². The van der Waals surface area contributed by atoms with Gasteiger partial charge < -0.3 is 0 Å². The molecular weight excluding hydrogens is 346 g/mol. The van der Waals surface area contributed by atoms with E-state index in [1.807, 2.05) is 43.3 Å². The van der Waals surface area contributed by atoms with Crippen molar-refractivity contribution in [2.75, 3.05) is 0 Å². The molecule has 0 amide bonds. The Morgan fingerprint density at radius 1 is 1.08 bits per heavy atom. The van der Waals surface area contributed by atoms with Crippen LogP contribution < -0.4 is 0 Å². The van der Waals surface area contributed by atoms with Gasteiger partial charge in [-0.15, -0.1) is 0 Å². The van der Waals surface area contributed by atoms with Gasteiger partial charge in [0.05, 0.1) is 5.71 Å². The molecule has 0 aliphatic rings. The highest BCUT2D eigenvalue weighted by molar-refractivity contribution is 7.86. The first kappa shape index (κ1) is 20.2. The Balaban J connectivity index is 2.25. The molecule has 4 nitrogen and oxygen atoms in total. The molecule has 0 heterocycles. The van der Waals surface area contributed by atoms with Gasteiger partial charge in [-0.05, 0) is 62.3 Å². The van der Waals surface area contributed by atoms with Crippen molar-refractivity contribution in [2.24, 2.45) is 5.16 Å². The molecule has 2 aromatic rings. The van der Waals surface area contributed by atoms with E-state index in [2.05, 4.69) is 19.0 Å². The molecule has 140 valence electrons. The smallest absolute Gasteiger partial charge is 0.264 e. The van der Waals surface area contributed by atoms with Gasteiger partial charge in [0.1, 0.15) is 4.90 Å². The number of nitrogens with zero attached hydrogens (tertiary/aromatic N) is 1. The molecule has 26 heavy (non-hydrogen) atoms. The van der Waals surface area contributed by atoms with E-state index in [0.717, 1.165) is 17.5 Å². The van der Waals surface area contributed by atoms with Crippen LogP contribution in [0, 0.1) is 20.8 Å². The first-order chi connectivity index (χ1) is 12.2. The summed E-state index contributed by atoms with van der Waals surface area (Å²) >= 11 is 0. The van der Waals surface area contributed by atoms with Crippen molar-refractivity contribution in [3.63, 3.8) is 0 Å². The molecule has 1 atom stereocenters. The van der Waals surface area contributed by atoms with Crippen LogP contribution in [-0.2, 0) is 14.4 Å². The van der Waals surface area contributed by atoms with Gasteiger partial charge in [-0.1, -0.05) is 61.0 Å². The number of rotatable bonds is 6. The van der Waals surface area contributed by atoms with Crippen molar-refractivity contribution >= 4 is 15.8 Å². The summed E-state index contributed by atoms with van der Waals surface area (Å²) in [5, 5.41) is 3.87. The minimum absolute atomic E-state index is 0.187. The summed E-state index contributed by atoms with van der Waals surface area (Å²) in [4.78, 5) is 0.187. The molecule has 0 bridgehead atoms. The lowest BCUT2D eigenvalue weighted by molar-refractivity contribution is 0.338. The Kier molecular flexibility index (Phi) is 6.24. The van der Waals surface area contributed by atoms with Crippen molar-refractivity contribution in [2.45, 2.75) is 58.8 Å². The molecule has 0 aliphatic carbocycles. The molecule has 2 aromatic carbocycles. The monoisotopic (exact) mass is 373 g/mol. The Hall–Kier alpha value is -2.14. The maximum absolute atomic E-state index is 12.6. The first-order valence-electron chi connectivity index (χ1n) is 8.82. The Labute approximate surface area is 157 Å². The van der Waals surface area contributed by atoms with E-state index in [0.29, 0.717) is 22.8 Å². The number of hydrogen-bond donors (Lipinski definition) is 0. The molecule has 0 fully saturated rings. The van der Waals surface area contributed by atoms with Crippen molar-refractivity contribution in [1.82, 2.24) is 0 Å². The largest absolute Gasteiger partial charge is 0.359 e. The molecule has 0 saturated carbocycles. The summed E-state index contributed by atoms with van der Waals surface area (Å²) in [5.74, 6) is 0.491. The van der Waals surface area contributed by atoms with E-state index in [4.69, 9.17) is 4.28 Å². The zero-order valence-corrected chi connectivity index (χ0v) is 17.1. The van der Waals surface area contributed by atoms with Crippen molar-refractivity contribution in [3.8, 4) is 0 Å². The Bertz CT molecular complexity index is 890. The fourth-order valence-electron chi connectivity index (χ4n) is 3.04. The van der Waals surface area contributed by atoms with Gasteiger partial charge in [0.25, 0.3) is 0 Å². The molecule has 0 aliphatic heterocycles. The van der Waals surface area contributed by atoms with Crippen molar-refractivity contribution in [3.05, 3.63) is 64.2 Å². The van der Waals surface area contributed by atoms with Crippen LogP contribution in [-0.4, -0.2) is 14.1 Å². The van der Waals surface area contributed by atoms with E-state index in [1.54, 1.807) is 20.8 Å². The Morgan fingerprint density at radius 3 is 2.12 bits per heavy atom. The van der Waals surface area contributed by atoms with E-state index in [-0.39, 0.29) is 4.90 Å². The van der Waals surface area contributed by atoms with Gasteiger partial charge in [0.15, 0.2) is 0 Å². The third kappa shape index (κ3) is 4.52. The Morgan fingerprint density at radius 2 is 1.62 bits per heavy atom.